The van der Waals surface area contributed by atoms with E-state index >= 15 is 0 Å². The van der Waals surface area contributed by atoms with Crippen LogP contribution in [0.1, 0.15) is 0 Å². The summed E-state index contributed by atoms with van der Waals surface area (Å²) in [6.45, 7) is 0. The van der Waals surface area contributed by atoms with E-state index in [1.165, 1.54) is 0 Å². The molecule has 0 aliphatic heterocycles. The van der Waals surface area contributed by atoms with Crippen molar-refractivity contribution in [1.82, 2.24) is 0 Å². The molecule has 0 spiro atoms. The standard InChI is InChI=1S/C7H5ClFO3S/c1-12-13(10,11)7-3-5(8)2-6(9)4-7/h2-4H,1H2. The second kappa shape index (κ2) is 3.61. The zero-order valence-corrected chi connectivity index (χ0v) is 7.90. The normalized spacial score (nSPS) is 11.6. The molecule has 0 aliphatic rings. The molecule has 0 aromatic heterocycles. The molecule has 0 heterocycles. The summed E-state index contributed by atoms with van der Waals surface area (Å²) in [7, 11) is -1.24. The number of hydrogen-bond acceptors (Lipinski definition) is 3. The summed E-state index contributed by atoms with van der Waals surface area (Å²) >= 11 is 5.43. The van der Waals surface area contributed by atoms with Crippen LogP contribution in [0, 0.1) is 12.9 Å². The lowest BCUT2D eigenvalue weighted by molar-refractivity contribution is 0.437. The fourth-order valence-electron chi connectivity index (χ4n) is 0.741. The molecule has 1 aromatic rings. The van der Waals surface area contributed by atoms with E-state index in [1.807, 2.05) is 0 Å². The third-order valence-electron chi connectivity index (χ3n) is 1.28. The highest BCUT2D eigenvalue weighted by atomic mass is 35.5. The summed E-state index contributed by atoms with van der Waals surface area (Å²) in [6, 6.07) is 2.86. The van der Waals surface area contributed by atoms with Gasteiger partial charge in [-0.05, 0) is 18.2 Å². The first-order chi connectivity index (χ1) is 5.95. The second-order valence-electron chi connectivity index (χ2n) is 2.18. The number of halogens is 2. The van der Waals surface area contributed by atoms with Crippen LogP contribution in [0.15, 0.2) is 23.1 Å². The van der Waals surface area contributed by atoms with Gasteiger partial charge in [-0.2, -0.15) is 8.42 Å². The number of benzene rings is 1. The van der Waals surface area contributed by atoms with E-state index in [2.05, 4.69) is 11.3 Å². The van der Waals surface area contributed by atoms with Gasteiger partial charge < -0.3 is 0 Å². The largest absolute Gasteiger partial charge is 0.297 e. The lowest BCUT2D eigenvalue weighted by atomic mass is 10.3. The minimum Gasteiger partial charge on any atom is -0.264 e. The molecule has 0 unspecified atom stereocenters. The fourth-order valence-corrected chi connectivity index (χ4v) is 1.69. The van der Waals surface area contributed by atoms with Gasteiger partial charge in [0.2, 0.25) is 0 Å². The minimum atomic E-state index is -3.98. The predicted molar refractivity (Wildman–Crippen MR) is 45.0 cm³/mol. The molecule has 0 amide bonds. The number of hydrogen-bond donors (Lipinski definition) is 0. The molecule has 0 N–H and O–H groups in total. The topological polar surface area (TPSA) is 43.4 Å². The monoisotopic (exact) mass is 223 g/mol. The summed E-state index contributed by atoms with van der Waals surface area (Å²) in [4.78, 5) is -0.354. The van der Waals surface area contributed by atoms with Gasteiger partial charge in [0.25, 0.3) is 10.1 Å². The molecule has 0 atom stereocenters. The first kappa shape index (κ1) is 10.4. The molecular weight excluding hydrogens is 219 g/mol. The highest BCUT2D eigenvalue weighted by Crippen LogP contribution is 2.19. The summed E-state index contributed by atoms with van der Waals surface area (Å²) < 4.78 is 38.6. The third-order valence-corrected chi connectivity index (χ3v) is 2.62. The van der Waals surface area contributed by atoms with Gasteiger partial charge in [-0.15, -0.1) is 0 Å². The molecule has 0 bridgehead atoms. The first-order valence-corrected chi connectivity index (χ1v) is 4.89. The Bertz CT molecular complexity index is 395. The smallest absolute Gasteiger partial charge is 0.264 e. The van der Waals surface area contributed by atoms with Crippen molar-refractivity contribution in [3.63, 3.8) is 0 Å². The highest BCUT2D eigenvalue weighted by Gasteiger charge is 2.14. The Morgan fingerprint density at radius 2 is 2.00 bits per heavy atom. The maximum absolute atomic E-state index is 12.7. The molecule has 3 nitrogen and oxygen atoms in total. The second-order valence-corrected chi connectivity index (χ2v) is 4.23. The van der Waals surface area contributed by atoms with Gasteiger partial charge >= 0.3 is 0 Å². The van der Waals surface area contributed by atoms with Crippen molar-refractivity contribution in [2.75, 3.05) is 0 Å². The van der Waals surface area contributed by atoms with Crippen LogP contribution >= 0.6 is 11.6 Å². The van der Waals surface area contributed by atoms with Crippen molar-refractivity contribution in [2.45, 2.75) is 4.90 Å². The van der Waals surface area contributed by atoms with E-state index in [-0.39, 0.29) is 9.92 Å². The molecule has 71 valence electrons. The van der Waals surface area contributed by atoms with Crippen LogP contribution in [-0.4, -0.2) is 8.42 Å². The van der Waals surface area contributed by atoms with Crippen LogP contribution in [0.25, 0.3) is 0 Å². The molecule has 0 saturated carbocycles. The summed E-state index contributed by atoms with van der Waals surface area (Å²) in [5.74, 6) is -0.747. The van der Waals surface area contributed by atoms with Gasteiger partial charge in [0.15, 0.2) is 0 Å². The van der Waals surface area contributed by atoms with Crippen molar-refractivity contribution in [2.24, 2.45) is 0 Å². The first-order valence-electron chi connectivity index (χ1n) is 3.10. The molecule has 13 heavy (non-hydrogen) atoms. The van der Waals surface area contributed by atoms with Crippen molar-refractivity contribution >= 4 is 21.7 Å². The van der Waals surface area contributed by atoms with Gasteiger partial charge in [0, 0.05) is 5.02 Å². The fraction of sp³-hybridized carbons (Fsp3) is 0. The van der Waals surface area contributed by atoms with Crippen molar-refractivity contribution < 1.29 is 17.0 Å². The molecule has 0 aliphatic carbocycles. The zero-order valence-electron chi connectivity index (χ0n) is 6.33. The molecule has 6 heteroatoms. The van der Waals surface area contributed by atoms with Crippen LogP contribution < -0.4 is 0 Å². The Labute approximate surface area is 80.2 Å². The van der Waals surface area contributed by atoms with E-state index in [9.17, 15) is 12.8 Å². The van der Waals surface area contributed by atoms with Crippen molar-refractivity contribution in [3.8, 4) is 0 Å². The lowest BCUT2D eigenvalue weighted by Crippen LogP contribution is -2.01. The van der Waals surface area contributed by atoms with E-state index < -0.39 is 15.9 Å². The Hall–Kier alpha value is -0.650. The molecule has 1 radical (unpaired) electrons. The quantitative estimate of drug-likeness (QED) is 0.720. The number of rotatable bonds is 2. The van der Waals surface area contributed by atoms with Crippen LogP contribution in [0.3, 0.4) is 0 Å². The molecule has 0 saturated heterocycles. The minimum absolute atomic E-state index is 0.0179. The van der Waals surface area contributed by atoms with Gasteiger partial charge in [-0.25, -0.2) is 4.39 Å². The highest BCUT2D eigenvalue weighted by molar-refractivity contribution is 7.86. The van der Waals surface area contributed by atoms with E-state index in [0.29, 0.717) is 0 Å². The summed E-state index contributed by atoms with van der Waals surface area (Å²) in [6.07, 6.45) is 0. The SMILES string of the molecule is [CH2]OS(=O)(=O)c1cc(F)cc(Cl)c1. The average Bonchev–Trinajstić information content (AvgIpc) is 2.02. The Morgan fingerprint density at radius 1 is 1.38 bits per heavy atom. The van der Waals surface area contributed by atoms with E-state index in [4.69, 9.17) is 11.6 Å². The maximum atomic E-state index is 12.7. The Kier molecular flexibility index (Phi) is 2.90. The summed E-state index contributed by atoms with van der Waals surface area (Å²) in [5, 5.41) is -0.0179. The van der Waals surface area contributed by atoms with Crippen LogP contribution in [0.4, 0.5) is 4.39 Å². The van der Waals surface area contributed by atoms with Crippen LogP contribution in [-0.2, 0) is 14.3 Å². The predicted octanol–water partition coefficient (Wildman–Crippen LogP) is 1.98. The van der Waals surface area contributed by atoms with Crippen molar-refractivity contribution in [3.05, 3.63) is 36.1 Å². The third kappa shape index (κ3) is 2.40. The Morgan fingerprint density at radius 3 is 2.46 bits per heavy atom. The summed E-state index contributed by atoms with van der Waals surface area (Å²) in [5.41, 5.74) is 0. The van der Waals surface area contributed by atoms with Crippen molar-refractivity contribution in [1.29, 1.82) is 0 Å². The molecular formula is C7H5ClFO3S. The van der Waals surface area contributed by atoms with Gasteiger partial charge in [0.05, 0.1) is 12.0 Å². The van der Waals surface area contributed by atoms with Gasteiger partial charge in [-0.3, -0.25) is 4.18 Å². The molecule has 0 fully saturated rings. The maximum Gasteiger partial charge on any atom is 0.297 e. The van der Waals surface area contributed by atoms with Gasteiger partial charge in [-0.1, -0.05) is 11.6 Å². The van der Waals surface area contributed by atoms with E-state index in [0.717, 1.165) is 18.2 Å². The lowest BCUT2D eigenvalue weighted by Gasteiger charge is -2.01. The van der Waals surface area contributed by atoms with Crippen LogP contribution in [0.5, 0.6) is 0 Å². The van der Waals surface area contributed by atoms with Gasteiger partial charge in [0.1, 0.15) is 5.82 Å². The molecule has 1 rings (SSSR count). The zero-order chi connectivity index (χ0) is 10.1. The Balaban J connectivity index is 3.32. The average molecular weight is 224 g/mol. The van der Waals surface area contributed by atoms with E-state index in [1.54, 1.807) is 0 Å². The molecule has 1 aromatic carbocycles. The van der Waals surface area contributed by atoms with Crippen LogP contribution in [0.2, 0.25) is 5.02 Å².